The molecule has 152 valence electrons. The third-order valence-corrected chi connectivity index (χ3v) is 5.85. The lowest BCUT2D eigenvalue weighted by Gasteiger charge is -2.09. The summed E-state index contributed by atoms with van der Waals surface area (Å²) >= 11 is 4.69. The molecular weight excluding hydrogens is 479 g/mol. The number of hydrogen-bond acceptors (Lipinski definition) is 3. The highest BCUT2D eigenvalue weighted by Gasteiger charge is 2.35. The summed E-state index contributed by atoms with van der Waals surface area (Å²) in [5.74, 6) is -0.330. The zero-order chi connectivity index (χ0) is 21.3. The number of amides is 1. The van der Waals surface area contributed by atoms with Crippen LogP contribution in [0.15, 0.2) is 76.6 Å². The van der Waals surface area contributed by atoms with Crippen LogP contribution in [-0.4, -0.2) is 15.7 Å². The fraction of sp³-hybridized carbons (Fsp3) is 0.0476. The van der Waals surface area contributed by atoms with Crippen molar-refractivity contribution in [3.63, 3.8) is 0 Å². The topological polar surface area (TPSA) is 46.9 Å². The molecule has 30 heavy (non-hydrogen) atoms. The smallest absolute Gasteiger partial charge is 0.321 e. The van der Waals surface area contributed by atoms with E-state index in [9.17, 15) is 18.0 Å². The molecule has 0 saturated heterocycles. The number of benzene rings is 2. The number of alkyl halides is 3. The van der Waals surface area contributed by atoms with E-state index in [1.165, 1.54) is 16.0 Å². The Morgan fingerprint density at radius 3 is 2.40 bits per heavy atom. The summed E-state index contributed by atoms with van der Waals surface area (Å²) in [7, 11) is 0. The lowest BCUT2D eigenvalue weighted by atomic mass is 10.2. The molecule has 0 unspecified atom stereocenters. The van der Waals surface area contributed by atoms with Crippen molar-refractivity contribution in [1.29, 1.82) is 0 Å². The SMILES string of the molecule is O=C(Nc1ccccc1Br)c1ccc(-n2nc(C(F)(F)F)cc2-c2cccs2)cc1. The van der Waals surface area contributed by atoms with Gasteiger partial charge in [-0.15, -0.1) is 11.3 Å². The quantitative estimate of drug-likeness (QED) is 0.348. The van der Waals surface area contributed by atoms with Crippen LogP contribution in [0.3, 0.4) is 0 Å². The van der Waals surface area contributed by atoms with Crippen molar-refractivity contribution in [3.8, 4) is 16.3 Å². The second-order valence-electron chi connectivity index (χ2n) is 6.28. The van der Waals surface area contributed by atoms with Crippen molar-refractivity contribution in [3.05, 3.63) is 87.8 Å². The van der Waals surface area contributed by atoms with Crippen molar-refractivity contribution in [1.82, 2.24) is 9.78 Å². The lowest BCUT2D eigenvalue weighted by Crippen LogP contribution is -2.12. The van der Waals surface area contributed by atoms with E-state index in [1.807, 2.05) is 6.07 Å². The number of carbonyl (C=O) groups is 1. The van der Waals surface area contributed by atoms with Gasteiger partial charge in [-0.1, -0.05) is 18.2 Å². The summed E-state index contributed by atoms with van der Waals surface area (Å²) in [6.45, 7) is 0. The summed E-state index contributed by atoms with van der Waals surface area (Å²) in [5.41, 5.74) is 0.777. The first-order valence-corrected chi connectivity index (χ1v) is 10.4. The first-order valence-electron chi connectivity index (χ1n) is 8.70. The van der Waals surface area contributed by atoms with Gasteiger partial charge in [0.15, 0.2) is 5.69 Å². The maximum absolute atomic E-state index is 13.2. The van der Waals surface area contributed by atoms with Gasteiger partial charge in [-0.25, -0.2) is 4.68 Å². The van der Waals surface area contributed by atoms with Crippen LogP contribution in [0.1, 0.15) is 16.1 Å². The highest BCUT2D eigenvalue weighted by atomic mass is 79.9. The number of anilines is 1. The van der Waals surface area contributed by atoms with E-state index < -0.39 is 11.9 Å². The molecule has 0 spiro atoms. The van der Waals surface area contributed by atoms with Crippen LogP contribution in [0, 0.1) is 0 Å². The van der Waals surface area contributed by atoms with Gasteiger partial charge in [0.1, 0.15) is 0 Å². The minimum Gasteiger partial charge on any atom is -0.321 e. The fourth-order valence-corrected chi connectivity index (χ4v) is 3.94. The van der Waals surface area contributed by atoms with Gasteiger partial charge < -0.3 is 5.32 Å². The maximum Gasteiger partial charge on any atom is 0.435 e. The van der Waals surface area contributed by atoms with Gasteiger partial charge in [-0.3, -0.25) is 4.79 Å². The van der Waals surface area contributed by atoms with Crippen molar-refractivity contribution < 1.29 is 18.0 Å². The number of para-hydroxylation sites is 1. The summed E-state index contributed by atoms with van der Waals surface area (Å²) in [6, 6.07) is 18.0. The molecule has 4 aromatic rings. The fourth-order valence-electron chi connectivity index (χ4n) is 2.83. The second kappa shape index (κ2) is 8.08. The maximum atomic E-state index is 13.2. The molecular formula is C21H13BrF3N3OS. The molecule has 1 N–H and O–H groups in total. The van der Waals surface area contributed by atoms with Crippen LogP contribution in [0.4, 0.5) is 18.9 Å². The highest BCUT2D eigenvalue weighted by Crippen LogP contribution is 2.34. The van der Waals surface area contributed by atoms with E-state index >= 15 is 0 Å². The van der Waals surface area contributed by atoms with E-state index in [1.54, 1.807) is 60.0 Å². The minimum absolute atomic E-state index is 0.330. The number of aromatic nitrogens is 2. The Hall–Kier alpha value is -2.91. The summed E-state index contributed by atoms with van der Waals surface area (Å²) < 4.78 is 41.6. The Morgan fingerprint density at radius 1 is 1.03 bits per heavy atom. The van der Waals surface area contributed by atoms with Crippen LogP contribution in [-0.2, 0) is 6.18 Å². The van der Waals surface area contributed by atoms with Crippen LogP contribution >= 0.6 is 27.3 Å². The first kappa shape index (κ1) is 20.4. The molecule has 0 fully saturated rings. The largest absolute Gasteiger partial charge is 0.435 e. The summed E-state index contributed by atoms with van der Waals surface area (Å²) in [5, 5.41) is 8.33. The van der Waals surface area contributed by atoms with Crippen LogP contribution in [0.5, 0.6) is 0 Å². The van der Waals surface area contributed by atoms with E-state index in [4.69, 9.17) is 0 Å². The molecule has 9 heteroatoms. The second-order valence-corrected chi connectivity index (χ2v) is 8.08. The Morgan fingerprint density at radius 2 is 1.77 bits per heavy atom. The molecule has 0 atom stereocenters. The van der Waals surface area contributed by atoms with E-state index in [0.29, 0.717) is 27.5 Å². The van der Waals surface area contributed by atoms with Crippen molar-refractivity contribution in [2.75, 3.05) is 5.32 Å². The molecule has 0 aliphatic heterocycles. The van der Waals surface area contributed by atoms with Crippen LogP contribution < -0.4 is 5.32 Å². The van der Waals surface area contributed by atoms with Crippen LogP contribution in [0.25, 0.3) is 16.3 Å². The standard InChI is InChI=1S/C21H13BrF3N3OS/c22-15-4-1-2-5-16(15)26-20(29)13-7-9-14(10-8-13)28-17(18-6-3-11-30-18)12-19(27-28)21(23,24)25/h1-12H,(H,26,29). The van der Waals surface area contributed by atoms with Gasteiger partial charge >= 0.3 is 6.18 Å². The molecule has 1 amide bonds. The predicted octanol–water partition coefficient (Wildman–Crippen LogP) is 6.63. The predicted molar refractivity (Wildman–Crippen MR) is 114 cm³/mol. The molecule has 0 radical (unpaired) electrons. The van der Waals surface area contributed by atoms with Crippen molar-refractivity contribution >= 4 is 38.9 Å². The summed E-state index contributed by atoms with van der Waals surface area (Å²) in [6.07, 6.45) is -4.56. The van der Waals surface area contributed by atoms with Gasteiger partial charge in [0.2, 0.25) is 0 Å². The number of hydrogen-bond donors (Lipinski definition) is 1. The molecule has 0 saturated carbocycles. The number of halogens is 4. The summed E-state index contributed by atoms with van der Waals surface area (Å²) in [4.78, 5) is 13.2. The van der Waals surface area contributed by atoms with E-state index in [2.05, 4.69) is 26.3 Å². The number of thiophene rings is 1. The molecule has 0 bridgehead atoms. The van der Waals surface area contributed by atoms with Crippen LogP contribution in [0.2, 0.25) is 0 Å². The van der Waals surface area contributed by atoms with Crippen molar-refractivity contribution in [2.45, 2.75) is 6.18 Å². The molecule has 0 aliphatic rings. The molecule has 2 aromatic heterocycles. The zero-order valence-corrected chi connectivity index (χ0v) is 17.6. The molecule has 4 nitrogen and oxygen atoms in total. The first-order chi connectivity index (χ1) is 14.3. The monoisotopic (exact) mass is 491 g/mol. The molecule has 0 aliphatic carbocycles. The van der Waals surface area contributed by atoms with Crippen molar-refractivity contribution in [2.24, 2.45) is 0 Å². The average Bonchev–Trinajstić information content (AvgIpc) is 3.39. The molecule has 2 aromatic carbocycles. The van der Waals surface area contributed by atoms with Gasteiger partial charge in [-0.05, 0) is 69.8 Å². The Bertz CT molecular complexity index is 1190. The number of rotatable bonds is 4. The number of carbonyl (C=O) groups excluding carboxylic acids is 1. The lowest BCUT2D eigenvalue weighted by molar-refractivity contribution is -0.141. The molecule has 2 heterocycles. The van der Waals surface area contributed by atoms with Gasteiger partial charge in [-0.2, -0.15) is 18.3 Å². The van der Waals surface area contributed by atoms with Gasteiger partial charge in [0.05, 0.1) is 21.9 Å². The molecule has 4 rings (SSSR count). The Labute approximate surface area is 182 Å². The Balaban J connectivity index is 1.65. The number of nitrogens with one attached hydrogen (secondary N) is 1. The Kier molecular flexibility index (Phi) is 5.48. The van der Waals surface area contributed by atoms with E-state index in [0.717, 1.165) is 10.5 Å². The minimum atomic E-state index is -4.56. The third-order valence-electron chi connectivity index (χ3n) is 4.27. The normalized spacial score (nSPS) is 11.5. The average molecular weight is 492 g/mol. The highest BCUT2D eigenvalue weighted by molar-refractivity contribution is 9.10. The number of nitrogens with zero attached hydrogens (tertiary/aromatic N) is 2. The van der Waals surface area contributed by atoms with Gasteiger partial charge in [0.25, 0.3) is 5.91 Å². The van der Waals surface area contributed by atoms with E-state index in [-0.39, 0.29) is 5.91 Å². The van der Waals surface area contributed by atoms with Gasteiger partial charge in [0, 0.05) is 10.0 Å². The third kappa shape index (κ3) is 4.17. The zero-order valence-electron chi connectivity index (χ0n) is 15.2.